The summed E-state index contributed by atoms with van der Waals surface area (Å²) in [5.41, 5.74) is 0. The number of carbonyl (C=O) groups is 4. The molecule has 0 heterocycles. The van der Waals surface area contributed by atoms with Gasteiger partial charge in [0, 0.05) is 12.7 Å². The van der Waals surface area contributed by atoms with Gasteiger partial charge in [-0.05, 0) is 23.9 Å². The molecule has 0 fully saturated rings. The Hall–Kier alpha value is -2.55. The van der Waals surface area contributed by atoms with Crippen molar-refractivity contribution in [1.29, 1.82) is 0 Å². The Bertz CT molecular complexity index is 633. The summed E-state index contributed by atoms with van der Waals surface area (Å²) in [6.45, 7) is 4.03. The van der Waals surface area contributed by atoms with Crippen molar-refractivity contribution in [2.24, 2.45) is 5.92 Å². The van der Waals surface area contributed by atoms with Crippen LogP contribution in [0.3, 0.4) is 0 Å². The second kappa shape index (κ2) is 11.1. The number of rotatable bonds is 8. The summed E-state index contributed by atoms with van der Waals surface area (Å²) < 4.78 is 14.6. The van der Waals surface area contributed by atoms with E-state index in [2.05, 4.69) is 5.32 Å². The predicted octanol–water partition coefficient (Wildman–Crippen LogP) is 2.12. The molecule has 0 unspecified atom stereocenters. The first-order valence-corrected chi connectivity index (χ1v) is 8.78. The molecule has 142 valence electrons. The topological polar surface area (TPSA) is 108 Å². The smallest absolute Gasteiger partial charge is 0.370 e. The maximum Gasteiger partial charge on any atom is 0.370 e. The van der Waals surface area contributed by atoms with E-state index in [1.54, 1.807) is 44.2 Å². The van der Waals surface area contributed by atoms with Gasteiger partial charge in [-0.1, -0.05) is 32.0 Å². The first-order chi connectivity index (χ1) is 12.3. The van der Waals surface area contributed by atoms with Crippen LogP contribution in [0.25, 0.3) is 0 Å². The molecular formula is C17H21NO7S. The van der Waals surface area contributed by atoms with Crippen LogP contribution < -0.4 is 10.1 Å². The summed E-state index contributed by atoms with van der Waals surface area (Å²) in [5.74, 6) is -1.76. The number of nitrogens with one attached hydrogen (secondary N) is 1. The normalized spacial score (nSPS) is 11.4. The number of hydrogen-bond donors (Lipinski definition) is 1. The van der Waals surface area contributed by atoms with Crippen molar-refractivity contribution >= 4 is 34.9 Å². The number of carbonyl (C=O) groups excluding carboxylic acids is 4. The molecule has 0 aliphatic carbocycles. The van der Waals surface area contributed by atoms with E-state index in [1.165, 1.54) is 6.92 Å². The lowest BCUT2D eigenvalue weighted by atomic mass is 10.2. The molecule has 0 saturated heterocycles. The first kappa shape index (κ1) is 21.5. The van der Waals surface area contributed by atoms with Crippen LogP contribution in [0.2, 0.25) is 0 Å². The Balaban J connectivity index is 2.48. The van der Waals surface area contributed by atoms with E-state index in [0.29, 0.717) is 17.5 Å². The molecule has 1 rings (SSSR count). The van der Waals surface area contributed by atoms with Gasteiger partial charge in [0.2, 0.25) is 12.7 Å². The van der Waals surface area contributed by atoms with E-state index in [0.717, 1.165) is 0 Å². The standard InChI is InChI=1S/C17H21NO7S/c1-11(2)15(20)23-10-24-17(22)26-9-14(18-12(3)19)16(21)25-13-7-5-4-6-8-13/h4-8,11,14H,9-10H2,1-3H3,(H,18,19)/t14-/m0/s1. The highest BCUT2D eigenvalue weighted by atomic mass is 32.2. The van der Waals surface area contributed by atoms with Crippen LogP contribution in [0, 0.1) is 5.92 Å². The monoisotopic (exact) mass is 383 g/mol. The lowest BCUT2D eigenvalue weighted by Gasteiger charge is -2.16. The van der Waals surface area contributed by atoms with Gasteiger partial charge in [-0.25, -0.2) is 9.59 Å². The van der Waals surface area contributed by atoms with Gasteiger partial charge < -0.3 is 19.5 Å². The van der Waals surface area contributed by atoms with Crippen LogP contribution in [-0.4, -0.2) is 41.7 Å². The number of thioether (sulfide) groups is 1. The zero-order valence-electron chi connectivity index (χ0n) is 14.7. The minimum absolute atomic E-state index is 0.0950. The molecule has 0 saturated carbocycles. The Labute approximate surface area is 155 Å². The molecule has 1 atom stereocenters. The fourth-order valence-electron chi connectivity index (χ4n) is 1.59. The van der Waals surface area contributed by atoms with E-state index in [9.17, 15) is 19.2 Å². The number of hydrogen-bond acceptors (Lipinski definition) is 8. The van der Waals surface area contributed by atoms with Gasteiger partial charge in [0.15, 0.2) is 0 Å². The van der Waals surface area contributed by atoms with Crippen molar-refractivity contribution in [3.8, 4) is 5.75 Å². The largest absolute Gasteiger partial charge is 0.428 e. The minimum atomic E-state index is -1.04. The SMILES string of the molecule is CC(=O)N[C@@H](CSC(=O)OCOC(=O)C(C)C)C(=O)Oc1ccccc1. The molecule has 1 aromatic rings. The number of ether oxygens (including phenoxy) is 3. The number of amides is 1. The van der Waals surface area contributed by atoms with Gasteiger partial charge in [0.05, 0.1) is 5.92 Å². The molecule has 0 aliphatic heterocycles. The van der Waals surface area contributed by atoms with Crippen molar-refractivity contribution in [3.63, 3.8) is 0 Å². The fraction of sp³-hybridized carbons (Fsp3) is 0.412. The molecule has 0 radical (unpaired) electrons. The Morgan fingerprint density at radius 1 is 1.04 bits per heavy atom. The molecule has 0 aromatic heterocycles. The van der Waals surface area contributed by atoms with E-state index in [1.807, 2.05) is 0 Å². The lowest BCUT2D eigenvalue weighted by molar-refractivity contribution is -0.155. The first-order valence-electron chi connectivity index (χ1n) is 7.79. The average molecular weight is 383 g/mol. The van der Waals surface area contributed by atoms with Crippen LogP contribution in [0.1, 0.15) is 20.8 Å². The predicted molar refractivity (Wildman–Crippen MR) is 94.4 cm³/mol. The molecule has 1 amide bonds. The molecule has 8 nitrogen and oxygen atoms in total. The summed E-state index contributed by atoms with van der Waals surface area (Å²) in [4.78, 5) is 46.3. The van der Waals surface area contributed by atoms with Gasteiger partial charge in [0.1, 0.15) is 11.8 Å². The van der Waals surface area contributed by atoms with Gasteiger partial charge in [-0.2, -0.15) is 0 Å². The second-order valence-electron chi connectivity index (χ2n) is 5.43. The van der Waals surface area contributed by atoms with Crippen LogP contribution in [0.15, 0.2) is 30.3 Å². The van der Waals surface area contributed by atoms with Gasteiger partial charge in [-0.3, -0.25) is 9.59 Å². The molecule has 0 aliphatic rings. The number of para-hydroxylation sites is 1. The number of benzene rings is 1. The summed E-state index contributed by atoms with van der Waals surface area (Å²) >= 11 is 0.657. The Kier molecular flexibility index (Phi) is 9.21. The van der Waals surface area contributed by atoms with E-state index in [4.69, 9.17) is 14.2 Å². The third-order valence-electron chi connectivity index (χ3n) is 2.84. The van der Waals surface area contributed by atoms with Gasteiger partial charge >= 0.3 is 17.2 Å². The summed E-state index contributed by atoms with van der Waals surface area (Å²) in [7, 11) is 0. The quantitative estimate of drug-likeness (QED) is 0.413. The molecule has 9 heteroatoms. The Morgan fingerprint density at radius 2 is 1.69 bits per heavy atom. The third kappa shape index (κ3) is 8.52. The highest BCUT2D eigenvalue weighted by molar-refractivity contribution is 8.13. The highest BCUT2D eigenvalue weighted by Crippen LogP contribution is 2.13. The van der Waals surface area contributed by atoms with Crippen molar-refractivity contribution in [2.75, 3.05) is 12.5 Å². The van der Waals surface area contributed by atoms with Crippen LogP contribution in [-0.2, 0) is 23.9 Å². The van der Waals surface area contributed by atoms with Crippen LogP contribution in [0.5, 0.6) is 5.75 Å². The van der Waals surface area contributed by atoms with Crippen LogP contribution in [0.4, 0.5) is 4.79 Å². The van der Waals surface area contributed by atoms with Crippen LogP contribution >= 0.6 is 11.8 Å². The second-order valence-corrected chi connectivity index (χ2v) is 6.38. The third-order valence-corrected chi connectivity index (χ3v) is 3.69. The number of esters is 2. The average Bonchev–Trinajstić information content (AvgIpc) is 2.58. The van der Waals surface area contributed by atoms with Crippen molar-refractivity contribution in [2.45, 2.75) is 26.8 Å². The molecular weight excluding hydrogens is 362 g/mol. The van der Waals surface area contributed by atoms with Crippen molar-refractivity contribution in [1.82, 2.24) is 5.32 Å². The van der Waals surface area contributed by atoms with E-state index < -0.39 is 36.0 Å². The summed E-state index contributed by atoms with van der Waals surface area (Å²) in [6.07, 6.45) is 0. The van der Waals surface area contributed by atoms with Gasteiger partial charge in [-0.15, -0.1) is 0 Å². The van der Waals surface area contributed by atoms with E-state index >= 15 is 0 Å². The lowest BCUT2D eigenvalue weighted by Crippen LogP contribution is -2.44. The van der Waals surface area contributed by atoms with Crippen molar-refractivity contribution < 1.29 is 33.4 Å². The molecule has 26 heavy (non-hydrogen) atoms. The highest BCUT2D eigenvalue weighted by Gasteiger charge is 2.24. The maximum atomic E-state index is 12.2. The van der Waals surface area contributed by atoms with Gasteiger partial charge in [0.25, 0.3) is 0 Å². The maximum absolute atomic E-state index is 12.2. The minimum Gasteiger partial charge on any atom is -0.428 e. The fourth-order valence-corrected chi connectivity index (χ4v) is 2.24. The van der Waals surface area contributed by atoms with E-state index in [-0.39, 0.29) is 11.7 Å². The summed E-state index contributed by atoms with van der Waals surface area (Å²) in [6, 6.07) is 7.30. The van der Waals surface area contributed by atoms with Crippen molar-refractivity contribution in [3.05, 3.63) is 30.3 Å². The zero-order valence-corrected chi connectivity index (χ0v) is 15.5. The zero-order chi connectivity index (χ0) is 19.5. The molecule has 1 aromatic carbocycles. The summed E-state index contributed by atoms with van der Waals surface area (Å²) in [5, 5.41) is 1.67. The molecule has 1 N–H and O–H groups in total. The molecule has 0 spiro atoms. The molecule has 0 bridgehead atoms. The Morgan fingerprint density at radius 3 is 2.27 bits per heavy atom.